The highest BCUT2D eigenvalue weighted by molar-refractivity contribution is 6.02. The molecule has 0 radical (unpaired) electrons. The molecule has 1 N–H and O–H groups in total. The molecule has 1 fully saturated rings. The Labute approximate surface area is 166 Å². The van der Waals surface area contributed by atoms with Crippen molar-refractivity contribution in [2.24, 2.45) is 0 Å². The zero-order valence-corrected chi connectivity index (χ0v) is 15.8. The Bertz CT molecular complexity index is 1040. The van der Waals surface area contributed by atoms with Gasteiger partial charge in [-0.1, -0.05) is 17.7 Å². The Kier molecular flexibility index (Phi) is 3.40. The normalized spacial score (nSPS) is 20.6. The van der Waals surface area contributed by atoms with Crippen LogP contribution in [0.5, 0.6) is 11.5 Å². The second-order valence-corrected chi connectivity index (χ2v) is 8.44. The van der Waals surface area contributed by atoms with Crippen molar-refractivity contribution in [2.75, 3.05) is 12.1 Å². The van der Waals surface area contributed by atoms with Crippen molar-refractivity contribution in [3.8, 4) is 11.5 Å². The Morgan fingerprint density at radius 1 is 1.00 bits per heavy atom. The van der Waals surface area contributed by atoms with Crippen molar-refractivity contribution >= 4 is 17.2 Å². The van der Waals surface area contributed by atoms with Crippen molar-refractivity contribution in [3.63, 3.8) is 0 Å². The van der Waals surface area contributed by atoms with E-state index in [-0.39, 0.29) is 14.1 Å². The third-order valence-corrected chi connectivity index (χ3v) is 6.79. The second-order valence-electron chi connectivity index (χ2n) is 8.44. The van der Waals surface area contributed by atoms with E-state index in [0.717, 1.165) is 42.0 Å². The van der Waals surface area contributed by atoms with Crippen LogP contribution in [0.3, 0.4) is 0 Å². The number of hydrogen-bond acceptors (Lipinski definition) is 3. The van der Waals surface area contributed by atoms with Crippen molar-refractivity contribution in [2.45, 2.75) is 50.4 Å². The summed E-state index contributed by atoms with van der Waals surface area (Å²) in [5.74, 6) is 1.59. The van der Waals surface area contributed by atoms with E-state index < -0.39 is 5.41 Å². The molecule has 1 aliphatic heterocycles. The smallest absolute Gasteiger partial charge is 0.235 e. The van der Waals surface area contributed by atoms with Crippen LogP contribution in [0, 0.1) is 0 Å². The summed E-state index contributed by atoms with van der Waals surface area (Å²) in [6, 6.07) is 12.3. The van der Waals surface area contributed by atoms with E-state index in [0.29, 0.717) is 0 Å². The number of carbonyl (C=O) groups excluding carboxylic acids is 1. The van der Waals surface area contributed by atoms with Gasteiger partial charge in [-0.05, 0) is 91.5 Å². The summed E-state index contributed by atoms with van der Waals surface area (Å²) in [6.07, 6.45) is 7.85. The molecule has 1 saturated carbocycles. The summed E-state index contributed by atoms with van der Waals surface area (Å²) < 4.78 is 10.9. The first kappa shape index (κ1) is 16.2. The highest BCUT2D eigenvalue weighted by Gasteiger charge is 2.51. The van der Waals surface area contributed by atoms with E-state index in [4.69, 9.17) is 9.47 Å². The number of benzene rings is 2. The lowest BCUT2D eigenvalue weighted by atomic mass is 9.92. The number of carbonyl (C=O) groups is 1. The Morgan fingerprint density at radius 2 is 1.86 bits per heavy atom. The predicted octanol–water partition coefficient (Wildman–Crippen LogP) is 5.22. The molecule has 2 aromatic carbocycles. The van der Waals surface area contributed by atoms with Gasteiger partial charge < -0.3 is 14.8 Å². The van der Waals surface area contributed by atoms with Gasteiger partial charge in [0, 0.05) is 7.11 Å². The monoisotopic (exact) mass is 375 g/mol. The molecule has 4 aliphatic rings. The summed E-state index contributed by atoms with van der Waals surface area (Å²) in [4.78, 5) is 13.2. The lowest BCUT2D eigenvalue weighted by Crippen LogP contribution is -2.27. The summed E-state index contributed by atoms with van der Waals surface area (Å²) in [5, 5.41) is 3.20. The van der Waals surface area contributed by atoms with E-state index in [2.05, 4.69) is 23.5 Å². The van der Waals surface area contributed by atoms with Crippen LogP contribution in [0.25, 0.3) is 5.57 Å². The van der Waals surface area contributed by atoms with Crippen molar-refractivity contribution < 1.29 is 15.7 Å². The molecule has 4 heteroatoms. The van der Waals surface area contributed by atoms with Crippen molar-refractivity contribution in [3.05, 3.63) is 58.7 Å². The topological polar surface area (TPSA) is 47.6 Å². The fraction of sp³-hybridized carbons (Fsp3) is 0.375. The average Bonchev–Trinajstić information content (AvgIpc) is 3.26. The number of fused-ring (bicyclic) bond motifs is 3. The number of anilines is 1. The zero-order valence-electron chi connectivity index (χ0n) is 15.8. The Hall–Kier alpha value is -2.75. The molecule has 4 nitrogen and oxygen atoms in total. The minimum Gasteiger partial charge on any atom is -0.454 e. The molecule has 0 bridgehead atoms. The van der Waals surface area contributed by atoms with Crippen LogP contribution in [0.2, 0.25) is 0 Å². The quantitative estimate of drug-likeness (QED) is 0.800. The molecule has 0 aromatic heterocycles. The van der Waals surface area contributed by atoms with Crippen molar-refractivity contribution in [1.29, 1.82) is 0 Å². The average molecular weight is 375 g/mol. The molecular formula is C24H25NO3. The van der Waals surface area contributed by atoms with Crippen LogP contribution >= 0.6 is 0 Å². The van der Waals surface area contributed by atoms with Crippen LogP contribution in [-0.4, -0.2) is 12.7 Å². The molecule has 0 spiro atoms. The van der Waals surface area contributed by atoms with E-state index in [1.807, 2.05) is 18.2 Å². The number of hydrogen-bond donors (Lipinski definition) is 1. The van der Waals surface area contributed by atoms with Gasteiger partial charge in [-0.15, -0.1) is 0 Å². The molecule has 6 rings (SSSR count). The van der Waals surface area contributed by atoms with E-state index in [9.17, 15) is 4.79 Å². The highest BCUT2D eigenvalue weighted by atomic mass is 16.7. The maximum absolute atomic E-state index is 13.2. The van der Waals surface area contributed by atoms with Gasteiger partial charge in [0.25, 0.3) is 0 Å². The van der Waals surface area contributed by atoms with Gasteiger partial charge in [-0.3, -0.25) is 4.79 Å². The maximum Gasteiger partial charge on any atom is 0.235 e. The zero-order chi connectivity index (χ0) is 18.7. The number of ether oxygens (including phenoxy) is 2. The lowest BCUT2D eigenvalue weighted by Gasteiger charge is -2.18. The molecule has 1 heterocycles. The molecule has 0 saturated heterocycles. The first-order valence-electron chi connectivity index (χ1n) is 10.3. The van der Waals surface area contributed by atoms with Gasteiger partial charge in [0.15, 0.2) is 11.5 Å². The SMILES string of the molecule is O=C(Nc1ccc2c(c1)C1=C(CCCC1)C2)C1(c2ccc3c(c2)OCO3)CC1.[HH]. The van der Waals surface area contributed by atoms with E-state index >= 15 is 0 Å². The number of allylic oxidation sites excluding steroid dienone is 2. The third-order valence-electron chi connectivity index (χ3n) is 6.79. The van der Waals surface area contributed by atoms with Gasteiger partial charge in [0.1, 0.15) is 0 Å². The Morgan fingerprint density at radius 3 is 2.75 bits per heavy atom. The van der Waals surface area contributed by atoms with Crippen LogP contribution < -0.4 is 14.8 Å². The first-order chi connectivity index (χ1) is 13.7. The van der Waals surface area contributed by atoms with Crippen LogP contribution in [-0.2, 0) is 16.6 Å². The molecule has 3 aliphatic carbocycles. The summed E-state index contributed by atoms with van der Waals surface area (Å²) >= 11 is 0. The van der Waals surface area contributed by atoms with E-state index in [1.54, 1.807) is 5.57 Å². The molecule has 28 heavy (non-hydrogen) atoms. The molecule has 0 unspecified atom stereocenters. The molecule has 144 valence electrons. The van der Waals surface area contributed by atoms with Gasteiger partial charge in [-0.25, -0.2) is 0 Å². The molecule has 1 amide bonds. The summed E-state index contributed by atoms with van der Waals surface area (Å²) in [5.41, 5.74) is 7.43. The second kappa shape index (κ2) is 5.87. The summed E-state index contributed by atoms with van der Waals surface area (Å²) in [6.45, 7) is 0.255. The van der Waals surface area contributed by atoms with Gasteiger partial charge >= 0.3 is 0 Å². The minimum absolute atomic E-state index is 0. The van der Waals surface area contributed by atoms with Crippen LogP contribution in [0.4, 0.5) is 5.69 Å². The van der Waals surface area contributed by atoms with Gasteiger partial charge in [-0.2, -0.15) is 0 Å². The first-order valence-corrected chi connectivity index (χ1v) is 10.3. The van der Waals surface area contributed by atoms with Crippen LogP contribution in [0.1, 0.15) is 56.6 Å². The minimum atomic E-state index is -0.435. The Balaban J connectivity index is 0.00000181. The largest absolute Gasteiger partial charge is 0.454 e. The van der Waals surface area contributed by atoms with Gasteiger partial charge in [0.2, 0.25) is 12.7 Å². The predicted molar refractivity (Wildman–Crippen MR) is 110 cm³/mol. The number of amides is 1. The molecular weight excluding hydrogens is 350 g/mol. The van der Waals surface area contributed by atoms with E-state index in [1.165, 1.54) is 42.4 Å². The fourth-order valence-corrected chi connectivity index (χ4v) is 5.02. The molecule has 0 atom stereocenters. The van der Waals surface area contributed by atoms with Gasteiger partial charge in [0.05, 0.1) is 5.41 Å². The number of nitrogens with one attached hydrogen (secondary N) is 1. The lowest BCUT2D eigenvalue weighted by molar-refractivity contribution is -0.118. The standard InChI is InChI=1S/C24H23NO3.H2/c26-23(24(9-10-24)17-6-8-21-22(12-17)28-14-27-21)25-18-7-5-16-11-15-3-1-2-4-19(15)20(16)13-18;/h5-8,12-13H,1-4,9-11,14H2,(H,25,26);1H. The third kappa shape index (κ3) is 2.40. The molecule has 2 aromatic rings. The van der Waals surface area contributed by atoms with Crippen molar-refractivity contribution in [1.82, 2.24) is 0 Å². The fourth-order valence-electron chi connectivity index (χ4n) is 5.02. The van der Waals surface area contributed by atoms with Crippen LogP contribution in [0.15, 0.2) is 42.0 Å². The summed E-state index contributed by atoms with van der Waals surface area (Å²) in [7, 11) is 0. The maximum atomic E-state index is 13.2. The highest BCUT2D eigenvalue weighted by Crippen LogP contribution is 2.51. The number of rotatable bonds is 3.